The topological polar surface area (TPSA) is 117 Å². The molecule has 0 spiro atoms. The molecule has 0 radical (unpaired) electrons. The van der Waals surface area contributed by atoms with E-state index in [1.54, 1.807) is 51.1 Å². The summed E-state index contributed by atoms with van der Waals surface area (Å²) in [6, 6.07) is 8.50. The Kier molecular flexibility index (Phi) is 5.52. The van der Waals surface area contributed by atoms with Crippen LogP contribution in [-0.2, 0) is 9.47 Å². The Labute approximate surface area is 195 Å². The highest BCUT2D eigenvalue weighted by Gasteiger charge is 2.50. The van der Waals surface area contributed by atoms with E-state index >= 15 is 0 Å². The van der Waals surface area contributed by atoms with Crippen molar-refractivity contribution in [1.29, 1.82) is 0 Å². The number of benzene rings is 2. The number of fused-ring (bicyclic) bond motifs is 2. The second-order valence-electron chi connectivity index (χ2n) is 8.96. The maximum absolute atomic E-state index is 13.2. The lowest BCUT2D eigenvalue weighted by Gasteiger charge is -2.46. The molecule has 0 unspecified atom stereocenters. The van der Waals surface area contributed by atoms with Crippen LogP contribution in [0.25, 0.3) is 22.1 Å². The lowest BCUT2D eigenvalue weighted by Crippen LogP contribution is -2.63. The van der Waals surface area contributed by atoms with E-state index < -0.39 is 30.2 Å². The predicted octanol–water partition coefficient (Wildman–Crippen LogP) is 2.75. The molecule has 2 aliphatic rings. The van der Waals surface area contributed by atoms with Crippen LogP contribution in [0.4, 0.5) is 0 Å². The van der Waals surface area contributed by atoms with Gasteiger partial charge in [0, 0.05) is 12.7 Å². The SMILES string of the molecule is CO[C@@H]1[C@@H](O)[C@@H](O)[C@H](Oc2ccc3c(=O)c(-c4ccc5c(c4)OCO5)coc3c2C)OC1(C)C. The fourth-order valence-electron chi connectivity index (χ4n) is 4.54. The Morgan fingerprint density at radius 1 is 1.06 bits per heavy atom. The number of rotatable bonds is 4. The molecule has 0 saturated carbocycles. The molecule has 9 heteroatoms. The van der Waals surface area contributed by atoms with Gasteiger partial charge in [0.1, 0.15) is 35.9 Å². The normalized spacial score (nSPS) is 25.5. The smallest absolute Gasteiger partial charge is 0.231 e. The van der Waals surface area contributed by atoms with Crippen molar-refractivity contribution in [2.75, 3.05) is 13.9 Å². The zero-order valence-corrected chi connectivity index (χ0v) is 19.2. The number of aryl methyl sites for hydroxylation is 1. The Bertz CT molecular complexity index is 1300. The summed E-state index contributed by atoms with van der Waals surface area (Å²) < 4.78 is 33.7. The van der Waals surface area contributed by atoms with E-state index in [1.807, 2.05) is 0 Å². The molecule has 0 aliphatic carbocycles. The molecule has 3 aromatic rings. The summed E-state index contributed by atoms with van der Waals surface area (Å²) in [7, 11) is 1.44. The number of aliphatic hydroxyl groups excluding tert-OH is 2. The molecule has 180 valence electrons. The molecule has 1 aromatic heterocycles. The van der Waals surface area contributed by atoms with E-state index in [2.05, 4.69) is 0 Å². The van der Waals surface area contributed by atoms with Gasteiger partial charge in [0.25, 0.3) is 0 Å². The van der Waals surface area contributed by atoms with Gasteiger partial charge in [0.2, 0.25) is 18.5 Å². The van der Waals surface area contributed by atoms with Gasteiger partial charge >= 0.3 is 0 Å². The van der Waals surface area contributed by atoms with Crippen molar-refractivity contribution in [2.24, 2.45) is 0 Å². The molecule has 5 rings (SSSR count). The second-order valence-corrected chi connectivity index (χ2v) is 8.96. The summed E-state index contributed by atoms with van der Waals surface area (Å²) in [5, 5.41) is 21.4. The molecule has 2 aliphatic heterocycles. The first-order chi connectivity index (χ1) is 16.2. The zero-order valence-electron chi connectivity index (χ0n) is 19.2. The van der Waals surface area contributed by atoms with Crippen LogP contribution in [-0.4, -0.2) is 54.3 Å². The molecule has 3 heterocycles. The summed E-state index contributed by atoms with van der Waals surface area (Å²) in [6.45, 7) is 5.38. The fourth-order valence-corrected chi connectivity index (χ4v) is 4.54. The summed E-state index contributed by atoms with van der Waals surface area (Å²) in [5.41, 5.74) is 0.842. The maximum Gasteiger partial charge on any atom is 0.231 e. The highest BCUT2D eigenvalue weighted by Crippen LogP contribution is 2.37. The predicted molar refractivity (Wildman–Crippen MR) is 121 cm³/mol. The van der Waals surface area contributed by atoms with E-state index in [0.717, 1.165) is 0 Å². The summed E-state index contributed by atoms with van der Waals surface area (Å²) in [5.74, 6) is 1.56. The number of aliphatic hydroxyl groups is 2. The van der Waals surface area contributed by atoms with E-state index in [1.165, 1.54) is 13.4 Å². The van der Waals surface area contributed by atoms with Crippen molar-refractivity contribution in [3.63, 3.8) is 0 Å². The average molecular weight is 470 g/mol. The van der Waals surface area contributed by atoms with Gasteiger partial charge in [-0.25, -0.2) is 0 Å². The van der Waals surface area contributed by atoms with E-state index in [-0.39, 0.29) is 12.2 Å². The first-order valence-corrected chi connectivity index (χ1v) is 10.9. The van der Waals surface area contributed by atoms with Crippen LogP contribution in [0.5, 0.6) is 17.2 Å². The standard InChI is InChI=1S/C25H26O9/c1-12-16(33-24-21(28)20(27)23(29-4)25(2,3)34-24)8-6-14-19(26)15(10-30-22(12)14)13-5-7-17-18(9-13)32-11-31-17/h5-10,20-21,23-24,27-28H,11H2,1-4H3/t20-,21+,23+,24+/m0/s1. The van der Waals surface area contributed by atoms with Crippen LogP contribution in [0.3, 0.4) is 0 Å². The molecule has 9 nitrogen and oxygen atoms in total. The van der Waals surface area contributed by atoms with Gasteiger partial charge in [0.05, 0.1) is 16.6 Å². The molecule has 0 bridgehead atoms. The maximum atomic E-state index is 13.2. The van der Waals surface area contributed by atoms with Crippen molar-refractivity contribution in [1.82, 2.24) is 0 Å². The minimum Gasteiger partial charge on any atom is -0.463 e. The Balaban J connectivity index is 1.47. The van der Waals surface area contributed by atoms with E-state index in [4.69, 9.17) is 28.1 Å². The number of hydrogen-bond donors (Lipinski definition) is 2. The van der Waals surface area contributed by atoms with Gasteiger partial charge in [-0.1, -0.05) is 6.07 Å². The molecular formula is C25H26O9. The van der Waals surface area contributed by atoms with Crippen molar-refractivity contribution in [2.45, 2.75) is 51.0 Å². The molecule has 34 heavy (non-hydrogen) atoms. The number of hydrogen-bond acceptors (Lipinski definition) is 9. The van der Waals surface area contributed by atoms with E-state index in [0.29, 0.717) is 44.9 Å². The first-order valence-electron chi connectivity index (χ1n) is 10.9. The van der Waals surface area contributed by atoms with Crippen LogP contribution in [0, 0.1) is 6.92 Å². The molecule has 4 atom stereocenters. The second kappa shape index (κ2) is 8.28. The van der Waals surface area contributed by atoms with Crippen LogP contribution in [0.15, 0.2) is 45.8 Å². The van der Waals surface area contributed by atoms with Gasteiger partial charge < -0.3 is 38.3 Å². The number of ether oxygens (including phenoxy) is 5. The zero-order chi connectivity index (χ0) is 24.2. The third-order valence-electron chi connectivity index (χ3n) is 6.36. The minimum absolute atomic E-state index is 0.146. The van der Waals surface area contributed by atoms with Gasteiger partial charge in [-0.2, -0.15) is 0 Å². The van der Waals surface area contributed by atoms with Gasteiger partial charge in [-0.05, 0) is 50.6 Å². The van der Waals surface area contributed by atoms with Gasteiger partial charge in [-0.15, -0.1) is 0 Å². The summed E-state index contributed by atoms with van der Waals surface area (Å²) >= 11 is 0. The largest absolute Gasteiger partial charge is 0.463 e. The monoisotopic (exact) mass is 470 g/mol. The summed E-state index contributed by atoms with van der Waals surface area (Å²) in [6.07, 6.45) is -3.02. The molecule has 2 N–H and O–H groups in total. The molecule has 1 saturated heterocycles. The highest BCUT2D eigenvalue weighted by molar-refractivity contribution is 5.85. The van der Waals surface area contributed by atoms with Crippen molar-refractivity contribution < 1.29 is 38.3 Å². The van der Waals surface area contributed by atoms with Crippen LogP contribution < -0.4 is 19.6 Å². The minimum atomic E-state index is -1.34. The van der Waals surface area contributed by atoms with Crippen molar-refractivity contribution in [3.8, 4) is 28.4 Å². The van der Waals surface area contributed by atoms with E-state index in [9.17, 15) is 15.0 Å². The fraction of sp³-hybridized carbons (Fsp3) is 0.400. The van der Waals surface area contributed by atoms with Crippen LogP contribution in [0.2, 0.25) is 0 Å². The average Bonchev–Trinajstić information content (AvgIpc) is 3.27. The molecule has 0 amide bonds. The lowest BCUT2D eigenvalue weighted by atomic mass is 9.89. The third-order valence-corrected chi connectivity index (χ3v) is 6.36. The Morgan fingerprint density at radius 2 is 1.82 bits per heavy atom. The molecular weight excluding hydrogens is 444 g/mol. The van der Waals surface area contributed by atoms with Crippen molar-refractivity contribution in [3.05, 3.63) is 52.4 Å². The third kappa shape index (κ3) is 3.61. The van der Waals surface area contributed by atoms with Gasteiger partial charge in [0.15, 0.2) is 11.5 Å². The quantitative estimate of drug-likeness (QED) is 0.594. The summed E-state index contributed by atoms with van der Waals surface area (Å²) in [4.78, 5) is 13.2. The Morgan fingerprint density at radius 3 is 2.59 bits per heavy atom. The first kappa shape index (κ1) is 22.7. The van der Waals surface area contributed by atoms with Crippen LogP contribution in [0.1, 0.15) is 19.4 Å². The van der Waals surface area contributed by atoms with Crippen molar-refractivity contribution >= 4 is 11.0 Å². The highest BCUT2D eigenvalue weighted by atomic mass is 16.7. The van der Waals surface area contributed by atoms with Gasteiger partial charge in [-0.3, -0.25) is 4.79 Å². The number of methoxy groups -OCH3 is 1. The van der Waals surface area contributed by atoms with Crippen LogP contribution >= 0.6 is 0 Å². The Hall–Kier alpha value is -3.11. The lowest BCUT2D eigenvalue weighted by molar-refractivity contribution is -0.306. The molecule has 1 fully saturated rings. The molecule has 2 aromatic carbocycles.